The van der Waals surface area contributed by atoms with Gasteiger partial charge in [-0.2, -0.15) is 13.2 Å². The summed E-state index contributed by atoms with van der Waals surface area (Å²) < 4.78 is 38.9. The van der Waals surface area contributed by atoms with E-state index in [4.69, 9.17) is 0 Å². The van der Waals surface area contributed by atoms with Gasteiger partial charge in [0.2, 0.25) is 0 Å². The van der Waals surface area contributed by atoms with Gasteiger partial charge in [0.25, 0.3) is 0 Å². The molecule has 0 saturated heterocycles. The molecule has 3 aliphatic carbocycles. The molecule has 122 valence electrons. The fraction of sp³-hybridized carbons (Fsp3) is 1.00. The Morgan fingerprint density at radius 2 is 1.71 bits per heavy atom. The number of halogens is 3. The van der Waals surface area contributed by atoms with Crippen molar-refractivity contribution in [2.24, 2.45) is 10.8 Å². The zero-order valence-electron chi connectivity index (χ0n) is 12.5. The van der Waals surface area contributed by atoms with Crippen molar-refractivity contribution in [1.82, 2.24) is 10.6 Å². The van der Waals surface area contributed by atoms with E-state index in [1.807, 2.05) is 7.05 Å². The monoisotopic (exact) mass is 306 g/mol. The second-order valence-corrected chi connectivity index (χ2v) is 7.53. The summed E-state index contributed by atoms with van der Waals surface area (Å²) in [6.07, 6.45) is 0.768. The summed E-state index contributed by atoms with van der Waals surface area (Å²) in [6, 6.07) is 0.472. The quantitative estimate of drug-likeness (QED) is 0.705. The number of hydrogen-bond acceptors (Lipinski definition) is 3. The van der Waals surface area contributed by atoms with Gasteiger partial charge in [-0.25, -0.2) is 0 Å². The van der Waals surface area contributed by atoms with Crippen molar-refractivity contribution in [1.29, 1.82) is 0 Å². The third-order valence-electron chi connectivity index (χ3n) is 5.91. The predicted octanol–water partition coefficient (Wildman–Crippen LogP) is 2.20. The normalized spacial score (nSPS) is 38.7. The fourth-order valence-electron chi connectivity index (χ4n) is 4.36. The van der Waals surface area contributed by atoms with Gasteiger partial charge in [0, 0.05) is 18.1 Å². The average Bonchev–Trinajstić information content (AvgIpc) is 3.09. The van der Waals surface area contributed by atoms with Gasteiger partial charge in [-0.05, 0) is 57.4 Å². The maximum Gasteiger partial charge on any atom is 0.394 e. The molecule has 0 amide bonds. The number of nitrogens with one attached hydrogen (secondary N) is 2. The van der Waals surface area contributed by atoms with Crippen molar-refractivity contribution in [3.05, 3.63) is 0 Å². The van der Waals surface area contributed by atoms with Crippen LogP contribution in [0, 0.1) is 10.8 Å². The molecule has 0 aliphatic heterocycles. The maximum absolute atomic E-state index is 13.0. The molecule has 3 saturated carbocycles. The number of alkyl halides is 3. The maximum atomic E-state index is 13.0. The molecule has 3 aliphatic rings. The summed E-state index contributed by atoms with van der Waals surface area (Å²) in [6.45, 7) is -0.208. The molecule has 1 unspecified atom stereocenters. The van der Waals surface area contributed by atoms with Gasteiger partial charge in [-0.3, -0.25) is 0 Å². The number of aliphatic hydroxyl groups is 1. The average molecular weight is 306 g/mol. The zero-order valence-corrected chi connectivity index (χ0v) is 12.5. The Labute approximate surface area is 123 Å². The van der Waals surface area contributed by atoms with E-state index in [1.54, 1.807) is 0 Å². The molecule has 0 bridgehead atoms. The van der Waals surface area contributed by atoms with Gasteiger partial charge in [-0.1, -0.05) is 0 Å². The predicted molar refractivity (Wildman–Crippen MR) is 73.9 cm³/mol. The highest BCUT2D eigenvalue weighted by molar-refractivity contribution is 5.09. The van der Waals surface area contributed by atoms with Crippen LogP contribution in [0.1, 0.15) is 44.9 Å². The number of hydrogen-bond donors (Lipinski definition) is 3. The summed E-state index contributed by atoms with van der Waals surface area (Å²) in [5, 5.41) is 15.9. The largest absolute Gasteiger partial charge is 0.395 e. The first-order valence-electron chi connectivity index (χ1n) is 7.92. The highest BCUT2D eigenvalue weighted by Crippen LogP contribution is 2.61. The lowest BCUT2D eigenvalue weighted by atomic mass is 9.52. The van der Waals surface area contributed by atoms with Crippen molar-refractivity contribution >= 4 is 0 Å². The number of aliphatic hydroxyl groups excluding tert-OH is 1. The van der Waals surface area contributed by atoms with Gasteiger partial charge in [-0.15, -0.1) is 0 Å². The molecule has 21 heavy (non-hydrogen) atoms. The van der Waals surface area contributed by atoms with Crippen LogP contribution in [0.4, 0.5) is 13.2 Å². The Morgan fingerprint density at radius 3 is 2.14 bits per heavy atom. The van der Waals surface area contributed by atoms with Crippen LogP contribution in [0.3, 0.4) is 0 Å². The van der Waals surface area contributed by atoms with Gasteiger partial charge in [0.15, 0.2) is 0 Å². The van der Waals surface area contributed by atoms with E-state index in [1.165, 1.54) is 12.8 Å². The van der Waals surface area contributed by atoms with Crippen LogP contribution in [0.25, 0.3) is 0 Å². The van der Waals surface area contributed by atoms with Crippen molar-refractivity contribution in [3.8, 4) is 0 Å². The molecular formula is C15H25F3N2O. The molecule has 0 aromatic heterocycles. The molecule has 6 heteroatoms. The second-order valence-electron chi connectivity index (χ2n) is 7.53. The Kier molecular flexibility index (Phi) is 3.78. The van der Waals surface area contributed by atoms with Gasteiger partial charge in [0.05, 0.1) is 12.0 Å². The minimum Gasteiger partial charge on any atom is -0.395 e. The standard InChI is InChI=1S/C15H25F3N2O/c1-19-10-4-13(5-10)6-11(7-13)20-12(9-21)8-14(2-3-14)15(16,17)18/h10-12,19-21H,2-9H2,1H3. The minimum absolute atomic E-state index is 0.0235. The molecule has 3 nitrogen and oxygen atoms in total. The highest BCUT2D eigenvalue weighted by atomic mass is 19.4. The van der Waals surface area contributed by atoms with E-state index in [-0.39, 0.29) is 31.9 Å². The lowest BCUT2D eigenvalue weighted by Gasteiger charge is -2.58. The summed E-state index contributed by atoms with van der Waals surface area (Å²) >= 11 is 0. The SMILES string of the molecule is CNC1CC2(C1)CC(NC(CO)CC1(C(F)(F)F)CC1)C2. The van der Waals surface area contributed by atoms with Crippen LogP contribution in [-0.4, -0.2) is 43.1 Å². The Bertz CT molecular complexity index is 381. The molecule has 0 aromatic rings. The van der Waals surface area contributed by atoms with Crippen LogP contribution in [0.2, 0.25) is 0 Å². The molecule has 0 heterocycles. The zero-order chi connectivity index (χ0) is 15.3. The van der Waals surface area contributed by atoms with Gasteiger partial charge < -0.3 is 15.7 Å². The van der Waals surface area contributed by atoms with E-state index >= 15 is 0 Å². The first-order chi connectivity index (χ1) is 9.81. The summed E-state index contributed by atoms with van der Waals surface area (Å²) in [5.41, 5.74) is -1.10. The number of rotatable bonds is 6. The van der Waals surface area contributed by atoms with Crippen LogP contribution in [0.15, 0.2) is 0 Å². The Balaban J connectivity index is 1.45. The highest BCUT2D eigenvalue weighted by Gasteiger charge is 2.63. The summed E-state index contributed by atoms with van der Waals surface area (Å²) in [5.74, 6) is 0. The van der Waals surface area contributed by atoms with Crippen LogP contribution in [0.5, 0.6) is 0 Å². The molecule has 1 spiro atoms. The Morgan fingerprint density at radius 1 is 1.14 bits per heavy atom. The lowest BCUT2D eigenvalue weighted by molar-refractivity contribution is -0.191. The van der Waals surface area contributed by atoms with Crippen molar-refractivity contribution in [2.75, 3.05) is 13.7 Å². The molecule has 1 atom stereocenters. The third kappa shape index (κ3) is 2.82. The lowest BCUT2D eigenvalue weighted by Crippen LogP contribution is -2.61. The molecular weight excluding hydrogens is 281 g/mol. The van der Waals surface area contributed by atoms with Gasteiger partial charge >= 0.3 is 6.18 Å². The minimum atomic E-state index is -4.13. The molecule has 0 radical (unpaired) electrons. The first kappa shape index (κ1) is 15.6. The first-order valence-corrected chi connectivity index (χ1v) is 7.92. The van der Waals surface area contributed by atoms with Crippen LogP contribution >= 0.6 is 0 Å². The van der Waals surface area contributed by atoms with Gasteiger partial charge in [0.1, 0.15) is 0 Å². The van der Waals surface area contributed by atoms with Crippen molar-refractivity contribution in [3.63, 3.8) is 0 Å². The van der Waals surface area contributed by atoms with Crippen LogP contribution in [-0.2, 0) is 0 Å². The van der Waals surface area contributed by atoms with E-state index in [0.29, 0.717) is 11.5 Å². The molecule has 3 N–H and O–H groups in total. The fourth-order valence-corrected chi connectivity index (χ4v) is 4.36. The van der Waals surface area contributed by atoms with E-state index in [9.17, 15) is 18.3 Å². The third-order valence-corrected chi connectivity index (χ3v) is 5.91. The molecule has 0 aromatic carbocycles. The molecule has 3 rings (SSSR count). The van der Waals surface area contributed by atoms with E-state index in [0.717, 1.165) is 12.8 Å². The van der Waals surface area contributed by atoms with Crippen LogP contribution < -0.4 is 10.6 Å². The second kappa shape index (κ2) is 5.10. The topological polar surface area (TPSA) is 44.3 Å². The van der Waals surface area contributed by atoms with Crippen molar-refractivity contribution in [2.45, 2.75) is 69.2 Å². The smallest absolute Gasteiger partial charge is 0.394 e. The van der Waals surface area contributed by atoms with E-state index < -0.39 is 17.6 Å². The summed E-state index contributed by atoms with van der Waals surface area (Å²) in [4.78, 5) is 0. The molecule has 3 fully saturated rings. The summed E-state index contributed by atoms with van der Waals surface area (Å²) in [7, 11) is 1.97. The van der Waals surface area contributed by atoms with Crippen molar-refractivity contribution < 1.29 is 18.3 Å². The Hall–Kier alpha value is -0.330. The van der Waals surface area contributed by atoms with E-state index in [2.05, 4.69) is 10.6 Å².